The van der Waals surface area contributed by atoms with Gasteiger partial charge in [0, 0.05) is 39.3 Å². The van der Waals surface area contributed by atoms with Crippen molar-refractivity contribution in [1.29, 1.82) is 0 Å². The van der Waals surface area contributed by atoms with Crippen molar-refractivity contribution >= 4 is 0 Å². The smallest absolute Gasteiger partial charge is 0.300 e. The molecule has 3 rings (SSSR count). The Kier molecular flexibility index (Phi) is 2.53. The molecule has 0 saturated carbocycles. The fourth-order valence-corrected chi connectivity index (χ4v) is 1.52. The quantitative estimate of drug-likeness (QED) is 0.463. The monoisotopic (exact) mass is 175 g/mol. The van der Waals surface area contributed by atoms with Gasteiger partial charge in [-0.25, -0.2) is 0 Å². The van der Waals surface area contributed by atoms with Crippen molar-refractivity contribution in [2.24, 2.45) is 0 Å². The normalized spacial score (nSPS) is 40.0. The van der Waals surface area contributed by atoms with Crippen molar-refractivity contribution in [2.75, 3.05) is 39.3 Å². The molecule has 3 aliphatic heterocycles. The second kappa shape index (κ2) is 3.02. The SMILES string of the molecule is C1CN2CCN1CC2.[Cu+]. The summed E-state index contributed by atoms with van der Waals surface area (Å²) in [6, 6.07) is 0. The number of hydrogen-bond acceptors (Lipinski definition) is 2. The first-order valence-corrected chi connectivity index (χ1v) is 3.40. The molecule has 3 heteroatoms. The van der Waals surface area contributed by atoms with E-state index in [0.717, 1.165) is 0 Å². The molecular weight excluding hydrogens is 164 g/mol. The minimum atomic E-state index is 0. The van der Waals surface area contributed by atoms with E-state index < -0.39 is 0 Å². The fraction of sp³-hybridized carbons (Fsp3) is 1.00. The minimum absolute atomic E-state index is 0. The van der Waals surface area contributed by atoms with Crippen molar-refractivity contribution in [1.82, 2.24) is 9.80 Å². The van der Waals surface area contributed by atoms with Gasteiger partial charge in [0.25, 0.3) is 0 Å². The third-order valence-corrected chi connectivity index (χ3v) is 2.20. The van der Waals surface area contributed by atoms with Crippen molar-refractivity contribution in [3.05, 3.63) is 0 Å². The second-order valence-corrected chi connectivity index (χ2v) is 2.68. The largest absolute Gasteiger partial charge is 1.00 e. The van der Waals surface area contributed by atoms with Gasteiger partial charge in [0.2, 0.25) is 0 Å². The average Bonchev–Trinajstić information content (AvgIpc) is 1.92. The molecule has 2 nitrogen and oxygen atoms in total. The molecule has 0 atom stereocenters. The molecule has 56 valence electrons. The van der Waals surface area contributed by atoms with Gasteiger partial charge < -0.3 is 0 Å². The molecule has 0 N–H and O–H groups in total. The zero-order valence-corrected chi connectivity index (χ0v) is 6.38. The van der Waals surface area contributed by atoms with Gasteiger partial charge in [0.1, 0.15) is 0 Å². The number of hydrogen-bond donors (Lipinski definition) is 0. The molecule has 0 amide bonds. The van der Waals surface area contributed by atoms with Gasteiger partial charge in [0.05, 0.1) is 0 Å². The Labute approximate surface area is 66.7 Å². The van der Waals surface area contributed by atoms with Crippen LogP contribution in [0.5, 0.6) is 0 Å². The van der Waals surface area contributed by atoms with Crippen LogP contribution in [0.25, 0.3) is 0 Å². The summed E-state index contributed by atoms with van der Waals surface area (Å²) < 4.78 is 0. The van der Waals surface area contributed by atoms with Crippen LogP contribution in [0.1, 0.15) is 0 Å². The number of piperazine rings is 3. The van der Waals surface area contributed by atoms with E-state index in [1.807, 2.05) is 0 Å². The van der Waals surface area contributed by atoms with Gasteiger partial charge >= 0.3 is 17.1 Å². The van der Waals surface area contributed by atoms with Crippen LogP contribution < -0.4 is 0 Å². The molecule has 3 fully saturated rings. The predicted molar refractivity (Wildman–Crippen MR) is 32.9 cm³/mol. The zero-order valence-electron chi connectivity index (χ0n) is 5.44. The van der Waals surface area contributed by atoms with Gasteiger partial charge in [-0.1, -0.05) is 0 Å². The van der Waals surface area contributed by atoms with Crippen LogP contribution in [0.4, 0.5) is 0 Å². The summed E-state index contributed by atoms with van der Waals surface area (Å²) in [7, 11) is 0. The van der Waals surface area contributed by atoms with E-state index in [9.17, 15) is 0 Å². The van der Waals surface area contributed by atoms with Crippen molar-refractivity contribution in [3.8, 4) is 0 Å². The van der Waals surface area contributed by atoms with E-state index in [-0.39, 0.29) is 17.1 Å². The molecule has 9 heavy (non-hydrogen) atoms. The molecule has 0 aromatic rings. The molecule has 0 spiro atoms. The van der Waals surface area contributed by atoms with E-state index >= 15 is 0 Å². The van der Waals surface area contributed by atoms with Crippen molar-refractivity contribution < 1.29 is 17.1 Å². The number of fused-ring (bicyclic) bond motifs is 3. The van der Waals surface area contributed by atoms with E-state index in [1.165, 1.54) is 39.3 Å². The van der Waals surface area contributed by atoms with E-state index in [0.29, 0.717) is 0 Å². The molecule has 0 aliphatic carbocycles. The molecule has 3 saturated heterocycles. The first-order chi connectivity index (χ1) is 3.95. The van der Waals surface area contributed by atoms with Gasteiger partial charge in [-0.2, -0.15) is 0 Å². The Morgan fingerprint density at radius 2 is 0.778 bits per heavy atom. The number of nitrogens with zero attached hydrogens (tertiary/aromatic N) is 2. The third kappa shape index (κ3) is 1.47. The van der Waals surface area contributed by atoms with E-state index in [1.54, 1.807) is 0 Å². The molecule has 0 unspecified atom stereocenters. The number of rotatable bonds is 0. The van der Waals surface area contributed by atoms with Gasteiger partial charge in [-0.15, -0.1) is 0 Å². The average molecular weight is 176 g/mol. The van der Waals surface area contributed by atoms with Crippen LogP contribution in [-0.2, 0) is 17.1 Å². The van der Waals surface area contributed by atoms with Gasteiger partial charge in [-0.3, -0.25) is 9.80 Å². The second-order valence-electron chi connectivity index (χ2n) is 2.68. The summed E-state index contributed by atoms with van der Waals surface area (Å²) >= 11 is 0. The Hall–Kier alpha value is 0.439. The van der Waals surface area contributed by atoms with Gasteiger partial charge in [-0.05, 0) is 0 Å². The first kappa shape index (κ1) is 7.55. The Morgan fingerprint density at radius 1 is 0.556 bits per heavy atom. The Bertz CT molecular complexity index is 66.0. The van der Waals surface area contributed by atoms with Crippen LogP contribution in [-0.4, -0.2) is 49.1 Å². The maximum Gasteiger partial charge on any atom is 1.00 e. The van der Waals surface area contributed by atoms with Crippen LogP contribution in [0, 0.1) is 0 Å². The predicted octanol–water partition coefficient (Wildman–Crippen LogP) is -0.385. The molecule has 2 bridgehead atoms. The summed E-state index contributed by atoms with van der Waals surface area (Å²) in [6.07, 6.45) is 0. The van der Waals surface area contributed by atoms with Crippen molar-refractivity contribution in [2.45, 2.75) is 0 Å². The Balaban J connectivity index is 0.000000405. The zero-order chi connectivity index (χ0) is 5.40. The van der Waals surface area contributed by atoms with E-state index in [2.05, 4.69) is 9.80 Å². The summed E-state index contributed by atoms with van der Waals surface area (Å²) in [4.78, 5) is 5.08. The standard InChI is InChI=1S/C6H12N2.Cu/c1-2-8-5-3-7(1)4-6-8;/h1-6H2;/q;+1. The van der Waals surface area contributed by atoms with Crippen LogP contribution in [0.2, 0.25) is 0 Å². The summed E-state index contributed by atoms with van der Waals surface area (Å²) in [5.41, 5.74) is 0. The maximum absolute atomic E-state index is 2.54. The molecule has 0 aromatic carbocycles. The molecule has 0 aromatic heterocycles. The van der Waals surface area contributed by atoms with Gasteiger partial charge in [0.15, 0.2) is 0 Å². The molecular formula is C6H12CuN2+. The topological polar surface area (TPSA) is 6.48 Å². The van der Waals surface area contributed by atoms with Crippen LogP contribution >= 0.6 is 0 Å². The summed E-state index contributed by atoms with van der Waals surface area (Å²) in [6.45, 7) is 7.92. The first-order valence-electron chi connectivity index (χ1n) is 3.40. The summed E-state index contributed by atoms with van der Waals surface area (Å²) in [5, 5.41) is 0. The fourth-order valence-electron chi connectivity index (χ4n) is 1.52. The summed E-state index contributed by atoms with van der Waals surface area (Å²) in [5.74, 6) is 0. The molecule has 3 aliphatic rings. The van der Waals surface area contributed by atoms with Crippen LogP contribution in [0.3, 0.4) is 0 Å². The minimum Gasteiger partial charge on any atom is -0.300 e. The maximum atomic E-state index is 2.54. The molecule has 3 heterocycles. The Morgan fingerprint density at radius 3 is 0.889 bits per heavy atom. The molecule has 0 radical (unpaired) electrons. The van der Waals surface area contributed by atoms with Crippen molar-refractivity contribution in [3.63, 3.8) is 0 Å². The van der Waals surface area contributed by atoms with Crippen LogP contribution in [0.15, 0.2) is 0 Å². The third-order valence-electron chi connectivity index (χ3n) is 2.20. The van der Waals surface area contributed by atoms with E-state index in [4.69, 9.17) is 0 Å².